The number of anilines is 1. The number of benzene rings is 2. The second kappa shape index (κ2) is 9.36. The number of carbonyl (C=O) groups is 1. The molecule has 2 aromatic carbocycles. The number of ether oxygens (including phenoxy) is 2. The normalized spacial score (nSPS) is 11.8. The molecule has 0 spiro atoms. The van der Waals surface area contributed by atoms with Crippen molar-refractivity contribution >= 4 is 35.0 Å². The molecule has 158 valence electrons. The Kier molecular flexibility index (Phi) is 6.84. The fourth-order valence-electron chi connectivity index (χ4n) is 2.94. The average Bonchev–Trinajstić information content (AvgIpc) is 3.16. The highest BCUT2D eigenvalue weighted by Gasteiger charge is 2.22. The number of hydrogen-bond acceptors (Lipinski definition) is 7. The van der Waals surface area contributed by atoms with Gasteiger partial charge in [-0.05, 0) is 42.3 Å². The Morgan fingerprint density at radius 1 is 1.17 bits per heavy atom. The van der Waals surface area contributed by atoms with E-state index < -0.39 is 5.25 Å². The van der Waals surface area contributed by atoms with Gasteiger partial charge in [-0.25, -0.2) is 0 Å². The Bertz CT molecular complexity index is 1050. The number of methoxy groups -OCH3 is 2. The number of para-hydroxylation sites is 1. The van der Waals surface area contributed by atoms with Crippen molar-refractivity contribution in [2.45, 2.75) is 31.2 Å². The summed E-state index contributed by atoms with van der Waals surface area (Å²) in [5, 5.41) is 15.3. The van der Waals surface area contributed by atoms with Crippen molar-refractivity contribution in [3.63, 3.8) is 0 Å². The summed E-state index contributed by atoms with van der Waals surface area (Å²) in [6, 6.07) is 9.19. The van der Waals surface area contributed by atoms with Crippen LogP contribution in [0.25, 0.3) is 5.69 Å². The molecular formula is C20H22ClN5O3S. The highest BCUT2D eigenvalue weighted by molar-refractivity contribution is 8.00. The number of aryl methyl sites for hydroxylation is 2. The van der Waals surface area contributed by atoms with E-state index in [1.807, 2.05) is 32.0 Å². The number of rotatable bonds is 7. The molecule has 1 heterocycles. The standard InChI is InChI=1S/C20H22ClN5O3S/c1-11-7-6-8-12(2)18(11)26-20(23-24-25-26)30-13(3)19(27)22-15-10-16(28-4)14(21)9-17(15)29-5/h6-10,13H,1-5H3,(H,22,27)/t13-/m1/s1. The summed E-state index contributed by atoms with van der Waals surface area (Å²) >= 11 is 7.39. The summed E-state index contributed by atoms with van der Waals surface area (Å²) in [5.41, 5.74) is 3.45. The van der Waals surface area contributed by atoms with Gasteiger partial charge in [0.2, 0.25) is 11.1 Å². The lowest BCUT2D eigenvalue weighted by Gasteiger charge is -2.16. The lowest BCUT2D eigenvalue weighted by Crippen LogP contribution is -2.23. The zero-order valence-corrected chi connectivity index (χ0v) is 18.8. The Morgan fingerprint density at radius 3 is 2.47 bits per heavy atom. The first kappa shape index (κ1) is 21.9. The topological polar surface area (TPSA) is 91.2 Å². The quantitative estimate of drug-likeness (QED) is 0.546. The highest BCUT2D eigenvalue weighted by atomic mass is 35.5. The summed E-state index contributed by atoms with van der Waals surface area (Å²) in [6.07, 6.45) is 0. The van der Waals surface area contributed by atoms with Crippen molar-refractivity contribution in [1.29, 1.82) is 0 Å². The van der Waals surface area contributed by atoms with Gasteiger partial charge in [0.15, 0.2) is 0 Å². The number of halogens is 1. The maximum Gasteiger partial charge on any atom is 0.237 e. The van der Waals surface area contributed by atoms with Crippen LogP contribution in [0, 0.1) is 13.8 Å². The largest absolute Gasteiger partial charge is 0.495 e. The predicted molar refractivity (Wildman–Crippen MR) is 117 cm³/mol. The number of amides is 1. The van der Waals surface area contributed by atoms with E-state index in [1.165, 1.54) is 26.0 Å². The number of nitrogens with one attached hydrogen (secondary N) is 1. The third kappa shape index (κ3) is 4.52. The van der Waals surface area contributed by atoms with Crippen LogP contribution >= 0.6 is 23.4 Å². The second-order valence-electron chi connectivity index (χ2n) is 6.55. The molecule has 0 aliphatic carbocycles. The number of hydrogen-bond donors (Lipinski definition) is 1. The molecule has 30 heavy (non-hydrogen) atoms. The molecule has 0 aliphatic heterocycles. The fourth-order valence-corrected chi connectivity index (χ4v) is 3.96. The predicted octanol–water partition coefficient (Wildman–Crippen LogP) is 4.07. The number of thioether (sulfide) groups is 1. The molecule has 1 amide bonds. The zero-order valence-electron chi connectivity index (χ0n) is 17.3. The zero-order chi connectivity index (χ0) is 21.8. The molecular weight excluding hydrogens is 426 g/mol. The summed E-state index contributed by atoms with van der Waals surface area (Å²) in [6.45, 7) is 5.77. The van der Waals surface area contributed by atoms with Gasteiger partial charge in [-0.2, -0.15) is 4.68 Å². The Balaban J connectivity index is 1.81. The van der Waals surface area contributed by atoms with E-state index in [9.17, 15) is 4.79 Å². The lowest BCUT2D eigenvalue weighted by molar-refractivity contribution is -0.115. The van der Waals surface area contributed by atoms with Crippen LogP contribution in [-0.4, -0.2) is 45.6 Å². The van der Waals surface area contributed by atoms with Gasteiger partial charge >= 0.3 is 0 Å². The monoisotopic (exact) mass is 447 g/mol. The maximum atomic E-state index is 12.8. The van der Waals surface area contributed by atoms with Crippen LogP contribution < -0.4 is 14.8 Å². The highest BCUT2D eigenvalue weighted by Crippen LogP contribution is 2.36. The van der Waals surface area contributed by atoms with E-state index in [4.69, 9.17) is 21.1 Å². The number of aromatic nitrogens is 4. The van der Waals surface area contributed by atoms with Crippen LogP contribution in [0.4, 0.5) is 5.69 Å². The Labute approximate surface area is 183 Å². The molecule has 1 aromatic heterocycles. The molecule has 0 saturated carbocycles. The minimum absolute atomic E-state index is 0.237. The molecule has 3 rings (SSSR count). The van der Waals surface area contributed by atoms with Gasteiger partial charge < -0.3 is 14.8 Å². The Hall–Kier alpha value is -2.78. The third-order valence-corrected chi connectivity index (χ3v) is 5.80. The van der Waals surface area contributed by atoms with Crippen LogP contribution in [0.2, 0.25) is 5.02 Å². The van der Waals surface area contributed by atoms with Crippen molar-refractivity contribution in [2.24, 2.45) is 0 Å². The van der Waals surface area contributed by atoms with Gasteiger partial charge in [-0.15, -0.1) is 5.10 Å². The van der Waals surface area contributed by atoms with Gasteiger partial charge in [-0.3, -0.25) is 4.79 Å². The van der Waals surface area contributed by atoms with E-state index in [0.717, 1.165) is 16.8 Å². The van der Waals surface area contributed by atoms with Gasteiger partial charge in [0.25, 0.3) is 0 Å². The number of carbonyl (C=O) groups excluding carboxylic acids is 1. The van der Waals surface area contributed by atoms with E-state index in [-0.39, 0.29) is 5.91 Å². The molecule has 0 fully saturated rings. The van der Waals surface area contributed by atoms with Crippen LogP contribution in [-0.2, 0) is 4.79 Å². The minimum atomic E-state index is -0.481. The molecule has 0 saturated heterocycles. The minimum Gasteiger partial charge on any atom is -0.495 e. The Morgan fingerprint density at radius 2 is 1.83 bits per heavy atom. The lowest BCUT2D eigenvalue weighted by atomic mass is 10.1. The van der Waals surface area contributed by atoms with Crippen LogP contribution in [0.5, 0.6) is 11.5 Å². The van der Waals surface area contributed by atoms with E-state index >= 15 is 0 Å². The van der Waals surface area contributed by atoms with Crippen LogP contribution in [0.1, 0.15) is 18.1 Å². The van der Waals surface area contributed by atoms with Gasteiger partial charge in [0, 0.05) is 12.1 Å². The van der Waals surface area contributed by atoms with Gasteiger partial charge in [0.05, 0.1) is 35.9 Å². The van der Waals surface area contributed by atoms with Crippen molar-refractivity contribution in [1.82, 2.24) is 20.2 Å². The van der Waals surface area contributed by atoms with Gasteiger partial charge in [-0.1, -0.05) is 41.6 Å². The molecule has 0 aliphatic rings. The molecule has 0 bridgehead atoms. The van der Waals surface area contributed by atoms with Crippen LogP contribution in [0.15, 0.2) is 35.5 Å². The van der Waals surface area contributed by atoms with Crippen molar-refractivity contribution in [3.8, 4) is 17.2 Å². The van der Waals surface area contributed by atoms with E-state index in [2.05, 4.69) is 20.8 Å². The third-order valence-electron chi connectivity index (χ3n) is 4.48. The van der Waals surface area contributed by atoms with Crippen molar-refractivity contribution < 1.29 is 14.3 Å². The second-order valence-corrected chi connectivity index (χ2v) is 8.27. The molecule has 0 unspecified atom stereocenters. The van der Waals surface area contributed by atoms with Gasteiger partial charge in [0.1, 0.15) is 11.5 Å². The molecule has 0 radical (unpaired) electrons. The summed E-state index contributed by atoms with van der Waals surface area (Å²) < 4.78 is 12.2. The SMILES string of the molecule is COc1cc(NC(=O)[C@@H](C)Sc2nnnn2-c2c(C)cccc2C)c(OC)cc1Cl. The molecule has 10 heteroatoms. The summed E-state index contributed by atoms with van der Waals surface area (Å²) in [4.78, 5) is 12.8. The molecule has 1 atom stereocenters. The average molecular weight is 448 g/mol. The maximum absolute atomic E-state index is 12.8. The van der Waals surface area contributed by atoms with Crippen molar-refractivity contribution in [3.05, 3.63) is 46.5 Å². The molecule has 1 N–H and O–H groups in total. The first-order chi connectivity index (χ1) is 14.3. The molecule has 3 aromatic rings. The first-order valence-electron chi connectivity index (χ1n) is 9.09. The summed E-state index contributed by atoms with van der Waals surface area (Å²) in [7, 11) is 3.01. The first-order valence-corrected chi connectivity index (χ1v) is 10.4. The van der Waals surface area contributed by atoms with E-state index in [0.29, 0.717) is 27.4 Å². The fraction of sp³-hybridized carbons (Fsp3) is 0.300. The smallest absolute Gasteiger partial charge is 0.237 e. The van der Waals surface area contributed by atoms with Crippen LogP contribution in [0.3, 0.4) is 0 Å². The number of nitrogens with zero attached hydrogens (tertiary/aromatic N) is 4. The number of tetrazole rings is 1. The molecule has 8 nitrogen and oxygen atoms in total. The van der Waals surface area contributed by atoms with Crippen molar-refractivity contribution in [2.75, 3.05) is 19.5 Å². The summed E-state index contributed by atoms with van der Waals surface area (Å²) in [5.74, 6) is 0.637. The van der Waals surface area contributed by atoms with E-state index in [1.54, 1.807) is 23.7 Å².